The summed E-state index contributed by atoms with van der Waals surface area (Å²) in [6.45, 7) is 9.39. The molecule has 1 aromatic carbocycles. The molecular formula is C26H25N3O5S. The number of methoxy groups -OCH3 is 1. The number of nitrogens with zero attached hydrogens (tertiary/aromatic N) is 2. The van der Waals surface area contributed by atoms with Crippen LogP contribution in [0.4, 0.5) is 10.5 Å². The third kappa shape index (κ3) is 4.08. The van der Waals surface area contributed by atoms with Gasteiger partial charge in [0.25, 0.3) is 11.8 Å². The van der Waals surface area contributed by atoms with Gasteiger partial charge in [-0.2, -0.15) is 0 Å². The number of urea groups is 1. The lowest BCUT2D eigenvalue weighted by molar-refractivity contribution is -0.122. The number of nitrogens with one attached hydrogen (secondary N) is 1. The first-order valence-electron chi connectivity index (χ1n) is 10.9. The molecule has 3 aromatic rings. The highest BCUT2D eigenvalue weighted by molar-refractivity contribution is 7.15. The Morgan fingerprint density at radius 1 is 1.06 bits per heavy atom. The van der Waals surface area contributed by atoms with Crippen LogP contribution in [0.25, 0.3) is 11.1 Å². The van der Waals surface area contributed by atoms with Gasteiger partial charge in [-0.1, -0.05) is 12.1 Å². The summed E-state index contributed by atoms with van der Waals surface area (Å²) >= 11 is 1.47. The largest absolute Gasteiger partial charge is 0.465 e. The molecule has 0 bridgehead atoms. The second-order valence-corrected chi connectivity index (χ2v) is 9.62. The Morgan fingerprint density at radius 2 is 1.77 bits per heavy atom. The van der Waals surface area contributed by atoms with E-state index in [0.717, 1.165) is 32.3 Å². The molecule has 180 valence electrons. The number of carbonyl (C=O) groups is 4. The number of amides is 4. The van der Waals surface area contributed by atoms with Crippen molar-refractivity contribution in [2.75, 3.05) is 12.0 Å². The van der Waals surface area contributed by atoms with Crippen molar-refractivity contribution in [2.45, 2.75) is 34.6 Å². The number of ether oxygens (including phenoxy) is 1. The Kier molecular flexibility index (Phi) is 6.21. The van der Waals surface area contributed by atoms with E-state index in [-0.39, 0.29) is 5.57 Å². The van der Waals surface area contributed by atoms with Crippen LogP contribution in [-0.2, 0) is 14.3 Å². The van der Waals surface area contributed by atoms with Crippen molar-refractivity contribution in [1.82, 2.24) is 9.88 Å². The highest BCUT2D eigenvalue weighted by atomic mass is 32.1. The molecule has 9 heteroatoms. The summed E-state index contributed by atoms with van der Waals surface area (Å²) in [5, 5.41) is 2.97. The van der Waals surface area contributed by atoms with Gasteiger partial charge in [0.15, 0.2) is 0 Å². The second-order valence-electron chi connectivity index (χ2n) is 8.41. The topological polar surface area (TPSA) is 97.7 Å². The van der Waals surface area contributed by atoms with E-state index < -0.39 is 23.8 Å². The summed E-state index contributed by atoms with van der Waals surface area (Å²) in [5.41, 5.74) is 4.60. The van der Waals surface area contributed by atoms with Gasteiger partial charge in [0.2, 0.25) is 0 Å². The molecule has 4 rings (SSSR count). The Hall–Kier alpha value is -3.98. The predicted octanol–water partition coefficient (Wildman–Crippen LogP) is 4.53. The summed E-state index contributed by atoms with van der Waals surface area (Å²) in [6.07, 6.45) is 1.48. The second kappa shape index (κ2) is 8.99. The lowest BCUT2D eigenvalue weighted by Crippen LogP contribution is -2.54. The number of imide groups is 2. The highest BCUT2D eigenvalue weighted by Crippen LogP contribution is 2.35. The van der Waals surface area contributed by atoms with E-state index in [1.807, 2.05) is 51.3 Å². The minimum Gasteiger partial charge on any atom is -0.465 e. The van der Waals surface area contributed by atoms with Crippen molar-refractivity contribution in [3.8, 4) is 5.00 Å². The number of benzene rings is 1. The van der Waals surface area contributed by atoms with Crippen molar-refractivity contribution < 1.29 is 23.9 Å². The number of thiophene rings is 1. The fraction of sp³-hybridized carbons (Fsp3) is 0.231. The van der Waals surface area contributed by atoms with Gasteiger partial charge < -0.3 is 9.30 Å². The molecule has 0 saturated carbocycles. The van der Waals surface area contributed by atoms with E-state index in [0.29, 0.717) is 21.8 Å². The van der Waals surface area contributed by atoms with Crippen LogP contribution < -0.4 is 10.2 Å². The van der Waals surface area contributed by atoms with E-state index >= 15 is 0 Å². The van der Waals surface area contributed by atoms with Crippen molar-refractivity contribution in [2.24, 2.45) is 0 Å². The minimum atomic E-state index is -0.791. The normalized spacial score (nSPS) is 15.1. The zero-order valence-electron chi connectivity index (χ0n) is 20.3. The fourth-order valence-corrected chi connectivity index (χ4v) is 5.43. The Labute approximate surface area is 206 Å². The molecule has 8 nitrogen and oxygen atoms in total. The zero-order valence-corrected chi connectivity index (χ0v) is 21.1. The zero-order chi connectivity index (χ0) is 25.6. The lowest BCUT2D eigenvalue weighted by atomic mass is 10.1. The molecular weight excluding hydrogens is 466 g/mol. The highest BCUT2D eigenvalue weighted by Gasteiger charge is 2.37. The number of rotatable bonds is 4. The maximum absolute atomic E-state index is 13.3. The van der Waals surface area contributed by atoms with Gasteiger partial charge in [0, 0.05) is 16.3 Å². The van der Waals surface area contributed by atoms with Gasteiger partial charge in [0.1, 0.15) is 10.6 Å². The first kappa shape index (κ1) is 24.2. The van der Waals surface area contributed by atoms with Gasteiger partial charge in [0.05, 0.1) is 18.4 Å². The van der Waals surface area contributed by atoms with Gasteiger partial charge in [-0.15, -0.1) is 11.3 Å². The average molecular weight is 492 g/mol. The smallest absolute Gasteiger partial charge is 0.341 e. The molecule has 1 aliphatic rings. The Morgan fingerprint density at radius 3 is 2.43 bits per heavy atom. The first-order valence-corrected chi connectivity index (χ1v) is 11.7. The van der Waals surface area contributed by atoms with Crippen LogP contribution in [0.3, 0.4) is 0 Å². The molecule has 4 amide bonds. The van der Waals surface area contributed by atoms with E-state index in [4.69, 9.17) is 4.74 Å². The van der Waals surface area contributed by atoms with E-state index in [1.54, 1.807) is 18.2 Å². The molecule has 2 aromatic heterocycles. The van der Waals surface area contributed by atoms with Crippen molar-refractivity contribution in [1.29, 1.82) is 0 Å². The number of esters is 1. The third-order valence-corrected chi connectivity index (χ3v) is 7.28. The van der Waals surface area contributed by atoms with Gasteiger partial charge in [-0.25, -0.2) is 14.5 Å². The quantitative estimate of drug-likeness (QED) is 0.328. The van der Waals surface area contributed by atoms with Crippen LogP contribution in [0, 0.1) is 34.6 Å². The SMILES string of the molecule is COC(=O)c1c(-n2c(C)cc(/C=C3\C(=O)NC(=O)N(c4cccc(C)c4)C3=O)c2C)sc(C)c1C. The van der Waals surface area contributed by atoms with E-state index in [1.165, 1.54) is 24.5 Å². The van der Waals surface area contributed by atoms with E-state index in [9.17, 15) is 19.2 Å². The molecule has 3 heterocycles. The van der Waals surface area contributed by atoms with Crippen molar-refractivity contribution in [3.05, 3.63) is 74.4 Å². The van der Waals surface area contributed by atoms with Gasteiger partial charge >= 0.3 is 12.0 Å². The number of anilines is 1. The average Bonchev–Trinajstić information content (AvgIpc) is 3.24. The van der Waals surface area contributed by atoms with Gasteiger partial charge in [-0.3, -0.25) is 14.9 Å². The van der Waals surface area contributed by atoms with Crippen LogP contribution in [-0.4, -0.2) is 35.5 Å². The third-order valence-electron chi connectivity index (χ3n) is 6.09. The predicted molar refractivity (Wildman–Crippen MR) is 134 cm³/mol. The molecule has 0 atom stereocenters. The van der Waals surface area contributed by atoms with Crippen LogP contribution in [0.5, 0.6) is 0 Å². The number of hydrogen-bond donors (Lipinski definition) is 1. The van der Waals surface area contributed by atoms with Crippen LogP contribution in [0.15, 0.2) is 35.9 Å². The van der Waals surface area contributed by atoms with Crippen LogP contribution in [0.2, 0.25) is 0 Å². The molecule has 35 heavy (non-hydrogen) atoms. The Bertz CT molecular complexity index is 1440. The monoisotopic (exact) mass is 491 g/mol. The van der Waals surface area contributed by atoms with Crippen molar-refractivity contribution >= 4 is 46.9 Å². The lowest BCUT2D eigenvalue weighted by Gasteiger charge is -2.26. The molecule has 1 N–H and O–H groups in total. The van der Waals surface area contributed by atoms with Crippen LogP contribution >= 0.6 is 11.3 Å². The maximum atomic E-state index is 13.3. The molecule has 1 saturated heterocycles. The van der Waals surface area contributed by atoms with Gasteiger partial charge in [-0.05, 0) is 75.6 Å². The molecule has 0 radical (unpaired) electrons. The maximum Gasteiger partial charge on any atom is 0.341 e. The number of barbiturate groups is 1. The standard InChI is InChI=1S/C26H25N3O5S/c1-13-8-7-9-19(10-13)29-23(31)20(22(30)27-26(29)33)12-18-11-14(2)28(16(18)4)24-21(25(32)34-6)15(3)17(5)35-24/h7-12H,1-6H3,(H,27,30,33)/b20-12+. The number of aryl methyl sites for hydroxylation is 3. The summed E-state index contributed by atoms with van der Waals surface area (Å²) < 4.78 is 6.92. The minimum absolute atomic E-state index is 0.155. The summed E-state index contributed by atoms with van der Waals surface area (Å²) in [7, 11) is 1.35. The Balaban J connectivity index is 1.82. The molecule has 1 fully saturated rings. The van der Waals surface area contributed by atoms with Crippen molar-refractivity contribution in [3.63, 3.8) is 0 Å². The summed E-state index contributed by atoms with van der Waals surface area (Å²) in [6, 6.07) is 7.97. The van der Waals surface area contributed by atoms with Crippen LogP contribution in [0.1, 0.15) is 43.3 Å². The van der Waals surface area contributed by atoms with E-state index in [2.05, 4.69) is 5.32 Å². The summed E-state index contributed by atoms with van der Waals surface area (Å²) in [4.78, 5) is 52.9. The number of carbonyl (C=O) groups excluding carboxylic acids is 4. The molecule has 0 unspecified atom stereocenters. The first-order chi connectivity index (χ1) is 16.5. The number of aromatic nitrogens is 1. The number of hydrogen-bond acceptors (Lipinski definition) is 6. The summed E-state index contributed by atoms with van der Waals surface area (Å²) in [5.74, 6) is -1.89. The fourth-order valence-electron chi connectivity index (χ4n) is 4.17. The molecule has 0 spiro atoms. The molecule has 0 aliphatic carbocycles. The molecule has 1 aliphatic heterocycles.